The van der Waals surface area contributed by atoms with E-state index in [1.807, 2.05) is 12.1 Å². The summed E-state index contributed by atoms with van der Waals surface area (Å²) < 4.78 is 16.5. The second-order valence-electron chi connectivity index (χ2n) is 6.74. The Morgan fingerprint density at radius 1 is 1.20 bits per heavy atom. The van der Waals surface area contributed by atoms with Gasteiger partial charge in [-0.1, -0.05) is 0 Å². The predicted octanol–water partition coefficient (Wildman–Crippen LogP) is 1.35. The lowest BCUT2D eigenvalue weighted by atomic mass is 10.1. The number of nitrogens with zero attached hydrogens (tertiary/aromatic N) is 1. The van der Waals surface area contributed by atoms with Gasteiger partial charge in [0.2, 0.25) is 0 Å². The maximum Gasteiger partial charge on any atom is 0.339 e. The van der Waals surface area contributed by atoms with E-state index in [4.69, 9.17) is 13.9 Å². The van der Waals surface area contributed by atoms with Crippen LogP contribution in [0.2, 0.25) is 0 Å². The van der Waals surface area contributed by atoms with Crippen LogP contribution in [0.1, 0.15) is 17.5 Å². The lowest BCUT2D eigenvalue weighted by molar-refractivity contribution is 0.00466. The summed E-state index contributed by atoms with van der Waals surface area (Å²) in [5.74, 6) is 0.606. The standard InChI is InChI=1S/C19H23NO5/c21-13(11-20-6-8-23-9-7-20)12-24-14-4-5-16-15-2-1-3-17(15)19(22)25-18(16)10-14/h4-5,10,13,21H,1-3,6-9,11-12H2. The molecule has 2 aliphatic rings. The third-order valence-electron chi connectivity index (χ3n) is 4.96. The van der Waals surface area contributed by atoms with Crippen LogP contribution < -0.4 is 10.4 Å². The number of hydrogen-bond donors (Lipinski definition) is 1. The highest BCUT2D eigenvalue weighted by atomic mass is 16.5. The number of rotatable bonds is 5. The SMILES string of the molecule is O=c1oc2cc(OCC(O)CN3CCOCC3)ccc2c2c1CCC2. The van der Waals surface area contributed by atoms with E-state index in [9.17, 15) is 9.90 Å². The van der Waals surface area contributed by atoms with Crippen molar-refractivity contribution in [3.8, 4) is 5.75 Å². The molecule has 0 saturated carbocycles. The zero-order valence-electron chi connectivity index (χ0n) is 14.2. The Morgan fingerprint density at radius 2 is 2.00 bits per heavy atom. The van der Waals surface area contributed by atoms with E-state index >= 15 is 0 Å². The molecule has 1 aliphatic heterocycles. The number of fused-ring (bicyclic) bond motifs is 3. The van der Waals surface area contributed by atoms with E-state index in [2.05, 4.69) is 4.90 Å². The van der Waals surface area contributed by atoms with E-state index in [0.29, 0.717) is 31.1 Å². The fourth-order valence-corrected chi connectivity index (χ4v) is 3.68. The average molecular weight is 345 g/mol. The summed E-state index contributed by atoms with van der Waals surface area (Å²) >= 11 is 0. The van der Waals surface area contributed by atoms with Crippen LogP contribution in [0.3, 0.4) is 0 Å². The number of aryl methyl sites for hydroxylation is 1. The van der Waals surface area contributed by atoms with Gasteiger partial charge in [0.05, 0.1) is 13.2 Å². The van der Waals surface area contributed by atoms with Gasteiger partial charge in [-0.25, -0.2) is 4.79 Å². The zero-order chi connectivity index (χ0) is 17.2. The molecule has 134 valence electrons. The molecule has 1 unspecified atom stereocenters. The molecule has 6 heteroatoms. The van der Waals surface area contributed by atoms with Crippen LogP contribution >= 0.6 is 0 Å². The Hall–Kier alpha value is -1.89. The Labute approximate surface area is 145 Å². The summed E-state index contributed by atoms with van der Waals surface area (Å²) in [4.78, 5) is 14.2. The average Bonchev–Trinajstić information content (AvgIpc) is 3.11. The number of aliphatic hydroxyl groups excluding tert-OH is 1. The van der Waals surface area contributed by atoms with Crippen LogP contribution in [0, 0.1) is 0 Å². The molecule has 1 fully saturated rings. The topological polar surface area (TPSA) is 72.1 Å². The van der Waals surface area contributed by atoms with Gasteiger partial charge in [-0.15, -0.1) is 0 Å². The van der Waals surface area contributed by atoms with E-state index in [1.54, 1.807) is 6.07 Å². The van der Waals surface area contributed by atoms with Crippen LogP contribution in [0.4, 0.5) is 0 Å². The van der Waals surface area contributed by atoms with Crippen LogP contribution in [0.5, 0.6) is 5.75 Å². The number of morpholine rings is 1. The first kappa shape index (κ1) is 16.6. The van der Waals surface area contributed by atoms with Crippen molar-refractivity contribution in [1.29, 1.82) is 0 Å². The number of hydrogen-bond acceptors (Lipinski definition) is 6. The summed E-state index contributed by atoms with van der Waals surface area (Å²) in [5.41, 5.74) is 2.27. The molecular weight excluding hydrogens is 322 g/mol. The Bertz CT molecular complexity index is 809. The summed E-state index contributed by atoms with van der Waals surface area (Å²) in [6, 6.07) is 5.57. The third-order valence-corrected chi connectivity index (χ3v) is 4.96. The van der Waals surface area contributed by atoms with E-state index in [1.165, 1.54) is 0 Å². The fraction of sp³-hybridized carbons (Fsp3) is 0.526. The van der Waals surface area contributed by atoms with E-state index in [-0.39, 0.29) is 12.2 Å². The van der Waals surface area contributed by atoms with Gasteiger partial charge < -0.3 is 19.0 Å². The van der Waals surface area contributed by atoms with Crippen molar-refractivity contribution >= 4 is 11.0 Å². The van der Waals surface area contributed by atoms with Crippen molar-refractivity contribution in [3.05, 3.63) is 39.7 Å². The molecule has 0 bridgehead atoms. The van der Waals surface area contributed by atoms with E-state index < -0.39 is 6.10 Å². The smallest absolute Gasteiger partial charge is 0.339 e. The lowest BCUT2D eigenvalue weighted by Gasteiger charge is -2.28. The third kappa shape index (κ3) is 3.56. The largest absolute Gasteiger partial charge is 0.491 e. The molecule has 25 heavy (non-hydrogen) atoms. The number of benzene rings is 1. The molecule has 2 aromatic rings. The first-order valence-electron chi connectivity index (χ1n) is 8.90. The molecule has 1 saturated heterocycles. The monoisotopic (exact) mass is 345 g/mol. The fourth-order valence-electron chi connectivity index (χ4n) is 3.68. The second kappa shape index (κ2) is 7.15. The highest BCUT2D eigenvalue weighted by Crippen LogP contribution is 2.29. The van der Waals surface area contributed by atoms with Gasteiger partial charge >= 0.3 is 5.63 Å². The lowest BCUT2D eigenvalue weighted by Crippen LogP contribution is -2.42. The number of aliphatic hydroxyl groups is 1. The van der Waals surface area contributed by atoms with Crippen molar-refractivity contribution < 1.29 is 19.0 Å². The molecule has 1 N–H and O–H groups in total. The van der Waals surface area contributed by atoms with Crippen LogP contribution in [-0.2, 0) is 17.6 Å². The highest BCUT2D eigenvalue weighted by Gasteiger charge is 2.20. The molecule has 0 spiro atoms. The normalized spacial score (nSPS) is 19.1. The predicted molar refractivity (Wildman–Crippen MR) is 93.3 cm³/mol. The number of ether oxygens (including phenoxy) is 2. The molecule has 1 aromatic carbocycles. The van der Waals surface area contributed by atoms with Crippen molar-refractivity contribution in [1.82, 2.24) is 4.90 Å². The van der Waals surface area contributed by atoms with E-state index in [0.717, 1.165) is 48.9 Å². The van der Waals surface area contributed by atoms with Gasteiger partial charge in [-0.05, 0) is 37.0 Å². The molecule has 1 atom stereocenters. The zero-order valence-corrected chi connectivity index (χ0v) is 14.2. The van der Waals surface area contributed by atoms with Gasteiger partial charge in [0.15, 0.2) is 0 Å². The summed E-state index contributed by atoms with van der Waals surface area (Å²) in [7, 11) is 0. The maximum atomic E-state index is 12.1. The van der Waals surface area contributed by atoms with Crippen molar-refractivity contribution in [2.75, 3.05) is 39.5 Å². The molecule has 4 rings (SSSR count). The Morgan fingerprint density at radius 3 is 2.84 bits per heavy atom. The van der Waals surface area contributed by atoms with Crippen LogP contribution in [-0.4, -0.2) is 55.6 Å². The van der Waals surface area contributed by atoms with Gasteiger partial charge in [-0.3, -0.25) is 4.90 Å². The first-order chi connectivity index (χ1) is 12.2. The molecule has 0 amide bonds. The molecule has 2 heterocycles. The quantitative estimate of drug-likeness (QED) is 0.825. The minimum atomic E-state index is -0.569. The Balaban J connectivity index is 1.43. The van der Waals surface area contributed by atoms with Crippen molar-refractivity contribution in [2.24, 2.45) is 0 Å². The van der Waals surface area contributed by atoms with Crippen LogP contribution in [0.25, 0.3) is 11.0 Å². The number of β-amino-alcohol motifs (C(OH)–C–C–N with tert-alkyl or cyclic N) is 1. The maximum absolute atomic E-state index is 12.1. The van der Waals surface area contributed by atoms with Gasteiger partial charge in [0.1, 0.15) is 24.0 Å². The molecule has 1 aromatic heterocycles. The highest BCUT2D eigenvalue weighted by molar-refractivity contribution is 5.83. The van der Waals surface area contributed by atoms with Crippen LogP contribution in [0.15, 0.2) is 27.4 Å². The molecule has 0 radical (unpaired) electrons. The summed E-state index contributed by atoms with van der Waals surface area (Å²) in [5, 5.41) is 11.2. The summed E-state index contributed by atoms with van der Waals surface area (Å²) in [6.45, 7) is 3.87. The minimum absolute atomic E-state index is 0.206. The second-order valence-corrected chi connectivity index (χ2v) is 6.74. The Kier molecular flexibility index (Phi) is 4.74. The van der Waals surface area contributed by atoms with Gasteiger partial charge in [0.25, 0.3) is 0 Å². The minimum Gasteiger partial charge on any atom is -0.491 e. The molecular formula is C19H23NO5. The van der Waals surface area contributed by atoms with Gasteiger partial charge in [0, 0.05) is 36.7 Å². The first-order valence-corrected chi connectivity index (χ1v) is 8.90. The van der Waals surface area contributed by atoms with Gasteiger partial charge in [-0.2, -0.15) is 0 Å². The molecule has 6 nitrogen and oxygen atoms in total. The van der Waals surface area contributed by atoms with Crippen molar-refractivity contribution in [3.63, 3.8) is 0 Å². The van der Waals surface area contributed by atoms with Crippen molar-refractivity contribution in [2.45, 2.75) is 25.4 Å². The molecule has 1 aliphatic carbocycles. The summed E-state index contributed by atoms with van der Waals surface area (Å²) in [6.07, 6.45) is 2.17.